The van der Waals surface area contributed by atoms with Gasteiger partial charge in [-0.25, -0.2) is 15.8 Å². The molecule has 0 saturated carbocycles. The summed E-state index contributed by atoms with van der Waals surface area (Å²) in [5.41, 5.74) is 0.314. The van der Waals surface area contributed by atoms with E-state index in [0.717, 1.165) is 5.01 Å². The van der Waals surface area contributed by atoms with Crippen LogP contribution in [0.4, 0.5) is 0 Å². The molecule has 0 spiro atoms. The minimum absolute atomic E-state index is 0.103. The van der Waals surface area contributed by atoms with Gasteiger partial charge in [0, 0.05) is 7.05 Å². The van der Waals surface area contributed by atoms with Crippen LogP contribution >= 0.6 is 15.9 Å². The molecule has 0 aliphatic carbocycles. The van der Waals surface area contributed by atoms with Crippen molar-refractivity contribution in [2.75, 3.05) is 12.4 Å². The van der Waals surface area contributed by atoms with Gasteiger partial charge in [-0.1, -0.05) is 15.9 Å². The lowest BCUT2D eigenvalue weighted by atomic mass is 10.3. The van der Waals surface area contributed by atoms with Gasteiger partial charge >= 0.3 is 0 Å². The van der Waals surface area contributed by atoms with Crippen LogP contribution < -0.4 is 5.84 Å². The molecule has 1 heterocycles. The molecule has 0 aliphatic rings. The molecular weight excluding hydrogens is 264 g/mol. The number of alkyl halides is 1. The SMILES string of the molecule is CN(N)C(=O)c1cnc(C(=O)CBr)cn1. The molecule has 0 fully saturated rings. The van der Waals surface area contributed by atoms with Crippen LogP contribution in [0.5, 0.6) is 0 Å². The van der Waals surface area contributed by atoms with Crippen LogP contribution in [-0.4, -0.2) is 39.0 Å². The van der Waals surface area contributed by atoms with Crippen LogP contribution in [0.25, 0.3) is 0 Å². The molecule has 0 aromatic carbocycles. The van der Waals surface area contributed by atoms with Crippen molar-refractivity contribution in [1.82, 2.24) is 15.0 Å². The lowest BCUT2D eigenvalue weighted by molar-refractivity contribution is 0.0788. The van der Waals surface area contributed by atoms with Crippen LogP contribution in [0.15, 0.2) is 12.4 Å². The number of nitrogens with two attached hydrogens (primary N) is 1. The van der Waals surface area contributed by atoms with Crippen LogP contribution in [-0.2, 0) is 0 Å². The minimum atomic E-state index is -0.458. The highest BCUT2D eigenvalue weighted by molar-refractivity contribution is 9.09. The molecule has 1 aromatic rings. The van der Waals surface area contributed by atoms with Gasteiger partial charge in [0.05, 0.1) is 17.7 Å². The number of nitrogens with zero attached hydrogens (tertiary/aromatic N) is 3. The Kier molecular flexibility index (Phi) is 3.87. The van der Waals surface area contributed by atoms with Gasteiger partial charge in [-0.3, -0.25) is 14.6 Å². The minimum Gasteiger partial charge on any atom is -0.291 e. The zero-order valence-electron chi connectivity index (χ0n) is 7.98. The summed E-state index contributed by atoms with van der Waals surface area (Å²) in [6.07, 6.45) is 2.47. The molecule has 80 valence electrons. The van der Waals surface area contributed by atoms with E-state index in [2.05, 4.69) is 25.9 Å². The molecule has 0 saturated heterocycles. The summed E-state index contributed by atoms with van der Waals surface area (Å²) >= 11 is 3.01. The number of carbonyl (C=O) groups excluding carboxylic acids is 2. The van der Waals surface area contributed by atoms with Crippen molar-refractivity contribution in [2.45, 2.75) is 0 Å². The van der Waals surface area contributed by atoms with E-state index in [-0.39, 0.29) is 22.5 Å². The Morgan fingerprint density at radius 3 is 2.33 bits per heavy atom. The van der Waals surface area contributed by atoms with Gasteiger partial charge in [0.2, 0.25) is 0 Å². The van der Waals surface area contributed by atoms with E-state index < -0.39 is 5.91 Å². The summed E-state index contributed by atoms with van der Waals surface area (Å²) < 4.78 is 0. The van der Waals surface area contributed by atoms with Crippen molar-refractivity contribution in [3.8, 4) is 0 Å². The Morgan fingerprint density at radius 2 is 1.93 bits per heavy atom. The number of halogens is 1. The van der Waals surface area contributed by atoms with E-state index in [1.54, 1.807) is 0 Å². The van der Waals surface area contributed by atoms with Crippen LogP contribution in [0.1, 0.15) is 21.0 Å². The highest BCUT2D eigenvalue weighted by Gasteiger charge is 2.12. The maximum atomic E-state index is 11.3. The smallest absolute Gasteiger partial charge is 0.287 e. The normalized spacial score (nSPS) is 9.80. The van der Waals surface area contributed by atoms with E-state index in [1.165, 1.54) is 19.4 Å². The number of hydrazine groups is 1. The van der Waals surface area contributed by atoms with Gasteiger partial charge in [0.1, 0.15) is 11.4 Å². The molecule has 0 atom stereocenters. The van der Waals surface area contributed by atoms with E-state index in [1.807, 2.05) is 0 Å². The average Bonchev–Trinajstić information content (AvgIpc) is 2.27. The highest BCUT2D eigenvalue weighted by Crippen LogP contribution is 2.00. The van der Waals surface area contributed by atoms with Gasteiger partial charge in [-0.15, -0.1) is 0 Å². The summed E-state index contributed by atoms with van der Waals surface area (Å²) in [7, 11) is 1.40. The lowest BCUT2D eigenvalue weighted by Gasteiger charge is -2.08. The van der Waals surface area contributed by atoms with Crippen LogP contribution in [0.3, 0.4) is 0 Å². The second-order valence-electron chi connectivity index (χ2n) is 2.76. The van der Waals surface area contributed by atoms with Gasteiger partial charge in [0.15, 0.2) is 5.78 Å². The fraction of sp³-hybridized carbons (Fsp3) is 0.250. The Bertz CT molecular complexity index is 377. The van der Waals surface area contributed by atoms with Gasteiger partial charge in [0.25, 0.3) is 5.91 Å². The average molecular weight is 273 g/mol. The van der Waals surface area contributed by atoms with Crippen LogP contribution in [0.2, 0.25) is 0 Å². The van der Waals surface area contributed by atoms with Crippen molar-refractivity contribution in [3.05, 3.63) is 23.8 Å². The predicted molar refractivity (Wildman–Crippen MR) is 56.4 cm³/mol. The van der Waals surface area contributed by atoms with Gasteiger partial charge < -0.3 is 0 Å². The number of Topliss-reactive ketones (excluding diaryl/α,β-unsaturated/α-hetero) is 1. The van der Waals surface area contributed by atoms with Gasteiger partial charge in [-0.05, 0) is 0 Å². The number of hydrogen-bond acceptors (Lipinski definition) is 5. The summed E-state index contributed by atoms with van der Waals surface area (Å²) in [6, 6.07) is 0. The van der Waals surface area contributed by atoms with Gasteiger partial charge in [-0.2, -0.15) is 0 Å². The maximum absolute atomic E-state index is 11.3. The van der Waals surface area contributed by atoms with Crippen LogP contribution in [0, 0.1) is 0 Å². The quantitative estimate of drug-likeness (QED) is 0.275. The first-order valence-electron chi connectivity index (χ1n) is 4.00. The number of ketones is 1. The first kappa shape index (κ1) is 11.7. The molecular formula is C8H9BrN4O2. The first-order chi connectivity index (χ1) is 7.06. The standard InChI is InChI=1S/C8H9BrN4O2/c1-13(10)8(15)6-4-11-5(3-12-6)7(14)2-9/h3-4H,2,10H2,1H3. The van der Waals surface area contributed by atoms with Crippen molar-refractivity contribution in [3.63, 3.8) is 0 Å². The Hall–Kier alpha value is -1.34. The van der Waals surface area contributed by atoms with Crippen molar-refractivity contribution >= 4 is 27.6 Å². The van der Waals surface area contributed by atoms with E-state index >= 15 is 0 Å². The predicted octanol–water partition coefficient (Wildman–Crippen LogP) is -0.0001000. The third-order valence-electron chi connectivity index (χ3n) is 1.60. The molecule has 6 nitrogen and oxygen atoms in total. The Morgan fingerprint density at radius 1 is 1.40 bits per heavy atom. The van der Waals surface area contributed by atoms with E-state index in [4.69, 9.17) is 5.84 Å². The van der Waals surface area contributed by atoms with Crippen molar-refractivity contribution in [1.29, 1.82) is 0 Å². The second kappa shape index (κ2) is 4.94. The number of rotatable bonds is 3. The molecule has 0 radical (unpaired) electrons. The molecule has 0 unspecified atom stereocenters. The van der Waals surface area contributed by atoms with Crippen molar-refractivity contribution < 1.29 is 9.59 Å². The van der Waals surface area contributed by atoms with Crippen molar-refractivity contribution in [2.24, 2.45) is 5.84 Å². The lowest BCUT2D eigenvalue weighted by Crippen LogP contribution is -2.33. The topological polar surface area (TPSA) is 89.2 Å². The summed E-state index contributed by atoms with van der Waals surface area (Å²) in [6.45, 7) is 0. The molecule has 1 amide bonds. The zero-order chi connectivity index (χ0) is 11.4. The monoisotopic (exact) mass is 272 g/mol. The molecule has 1 aromatic heterocycles. The number of hydrogen-bond donors (Lipinski definition) is 1. The number of aromatic nitrogens is 2. The third-order valence-corrected chi connectivity index (χ3v) is 2.11. The fourth-order valence-electron chi connectivity index (χ4n) is 0.832. The summed E-state index contributed by atoms with van der Waals surface area (Å²) in [4.78, 5) is 30.1. The largest absolute Gasteiger partial charge is 0.291 e. The molecule has 0 bridgehead atoms. The first-order valence-corrected chi connectivity index (χ1v) is 5.12. The summed E-state index contributed by atoms with van der Waals surface area (Å²) in [5.74, 6) is 4.58. The summed E-state index contributed by atoms with van der Waals surface area (Å²) in [5, 5.41) is 1.07. The highest BCUT2D eigenvalue weighted by atomic mass is 79.9. The molecule has 2 N–H and O–H groups in total. The molecule has 15 heavy (non-hydrogen) atoms. The number of amides is 1. The fourth-order valence-corrected chi connectivity index (χ4v) is 1.12. The number of carbonyl (C=O) groups is 2. The third kappa shape index (κ3) is 2.80. The molecule has 1 rings (SSSR count). The Balaban J connectivity index is 2.90. The molecule has 7 heteroatoms. The van der Waals surface area contributed by atoms with E-state index in [9.17, 15) is 9.59 Å². The maximum Gasteiger partial charge on any atom is 0.287 e. The zero-order valence-corrected chi connectivity index (χ0v) is 9.56. The second-order valence-corrected chi connectivity index (χ2v) is 3.32. The Labute approximate surface area is 94.6 Å². The van der Waals surface area contributed by atoms with E-state index in [0.29, 0.717) is 0 Å². The molecule has 0 aliphatic heterocycles.